The van der Waals surface area contributed by atoms with Crippen LogP contribution in [0.2, 0.25) is 0 Å². The van der Waals surface area contributed by atoms with Gasteiger partial charge in [-0.2, -0.15) is 0 Å². The first-order chi connectivity index (χ1) is 8.58. The molecule has 1 aromatic carbocycles. The molecule has 1 rings (SSSR count). The lowest BCUT2D eigenvalue weighted by Gasteiger charge is -2.16. The van der Waals surface area contributed by atoms with Crippen LogP contribution in [-0.4, -0.2) is 17.9 Å². The number of hydrogen-bond acceptors (Lipinski definition) is 3. The van der Waals surface area contributed by atoms with Crippen molar-refractivity contribution in [2.24, 2.45) is 0 Å². The Balaban J connectivity index is 2.87. The first-order valence-electron chi connectivity index (χ1n) is 6.16. The van der Waals surface area contributed by atoms with Crippen molar-refractivity contribution in [1.29, 1.82) is 0 Å². The Morgan fingerprint density at radius 3 is 2.39 bits per heavy atom. The number of rotatable bonds is 5. The predicted molar refractivity (Wildman–Crippen MR) is 69.6 cm³/mol. The summed E-state index contributed by atoms with van der Waals surface area (Å²) in [5, 5.41) is 2.92. The number of ether oxygens (including phenoxy) is 1. The van der Waals surface area contributed by atoms with Gasteiger partial charge >= 0.3 is 5.97 Å². The summed E-state index contributed by atoms with van der Waals surface area (Å²) in [4.78, 5) is 23.0. The van der Waals surface area contributed by atoms with E-state index >= 15 is 0 Å². The Kier molecular flexibility index (Phi) is 5.36. The van der Waals surface area contributed by atoms with E-state index in [0.717, 1.165) is 12.8 Å². The molecule has 0 bridgehead atoms. The lowest BCUT2D eigenvalue weighted by Crippen LogP contribution is -2.34. The Morgan fingerprint density at radius 1 is 1.22 bits per heavy atom. The van der Waals surface area contributed by atoms with Crippen molar-refractivity contribution in [2.45, 2.75) is 39.7 Å². The molecule has 4 heteroatoms. The van der Waals surface area contributed by atoms with Gasteiger partial charge in [-0.15, -0.1) is 0 Å². The molecule has 0 fully saturated rings. The number of hydrogen-bond donors (Lipinski definition) is 1. The van der Waals surface area contributed by atoms with Crippen LogP contribution in [0, 0.1) is 0 Å². The third-order valence-electron chi connectivity index (χ3n) is 2.71. The van der Waals surface area contributed by atoms with Gasteiger partial charge in [0.1, 0.15) is 5.75 Å². The monoisotopic (exact) mass is 249 g/mol. The average molecular weight is 249 g/mol. The number of amides is 1. The van der Waals surface area contributed by atoms with Gasteiger partial charge in [-0.1, -0.05) is 26.0 Å². The Bertz CT molecular complexity index is 425. The van der Waals surface area contributed by atoms with E-state index in [1.807, 2.05) is 13.8 Å². The van der Waals surface area contributed by atoms with Crippen molar-refractivity contribution in [3.63, 3.8) is 0 Å². The molecule has 0 spiro atoms. The largest absolute Gasteiger partial charge is 0.426 e. The van der Waals surface area contributed by atoms with Crippen LogP contribution in [0.1, 0.15) is 44.0 Å². The third-order valence-corrected chi connectivity index (χ3v) is 2.71. The van der Waals surface area contributed by atoms with Crippen LogP contribution in [0.5, 0.6) is 5.75 Å². The summed E-state index contributed by atoms with van der Waals surface area (Å²) < 4.78 is 5.02. The second kappa shape index (κ2) is 6.79. The minimum Gasteiger partial charge on any atom is -0.426 e. The maximum absolute atomic E-state index is 12.1. The molecule has 1 amide bonds. The fourth-order valence-corrected chi connectivity index (χ4v) is 1.65. The zero-order valence-corrected chi connectivity index (χ0v) is 11.0. The maximum atomic E-state index is 12.1. The summed E-state index contributed by atoms with van der Waals surface area (Å²) in [6.45, 7) is 5.36. The molecule has 0 unspecified atom stereocenters. The highest BCUT2D eigenvalue weighted by Gasteiger charge is 2.15. The summed E-state index contributed by atoms with van der Waals surface area (Å²) in [5.41, 5.74) is 0.389. The number of para-hydroxylation sites is 1. The van der Waals surface area contributed by atoms with Crippen molar-refractivity contribution in [2.75, 3.05) is 0 Å². The lowest BCUT2D eigenvalue weighted by atomic mass is 10.1. The van der Waals surface area contributed by atoms with Gasteiger partial charge in [0.05, 0.1) is 5.56 Å². The summed E-state index contributed by atoms with van der Waals surface area (Å²) in [6, 6.07) is 6.88. The number of esters is 1. The summed E-state index contributed by atoms with van der Waals surface area (Å²) in [6.07, 6.45) is 1.75. The molecular weight excluding hydrogens is 230 g/mol. The highest BCUT2D eigenvalue weighted by molar-refractivity contribution is 5.97. The maximum Gasteiger partial charge on any atom is 0.308 e. The fourth-order valence-electron chi connectivity index (χ4n) is 1.65. The Hall–Kier alpha value is -1.84. The molecule has 4 nitrogen and oxygen atoms in total. The van der Waals surface area contributed by atoms with E-state index in [1.165, 1.54) is 6.92 Å². The molecule has 0 aliphatic rings. The minimum atomic E-state index is -0.433. The topological polar surface area (TPSA) is 55.4 Å². The lowest BCUT2D eigenvalue weighted by molar-refractivity contribution is -0.131. The number of carbonyl (C=O) groups excluding carboxylic acids is 2. The molecule has 98 valence electrons. The van der Waals surface area contributed by atoms with E-state index in [2.05, 4.69) is 5.32 Å². The number of nitrogens with one attached hydrogen (secondary N) is 1. The zero-order chi connectivity index (χ0) is 13.5. The molecule has 0 aromatic heterocycles. The van der Waals surface area contributed by atoms with E-state index in [9.17, 15) is 9.59 Å². The Morgan fingerprint density at radius 2 is 1.83 bits per heavy atom. The standard InChI is InChI=1S/C14H19NO3/c1-4-11(5-2)15-14(17)12-8-6-7-9-13(12)18-10(3)16/h6-9,11H,4-5H2,1-3H3,(H,15,17). The van der Waals surface area contributed by atoms with Gasteiger partial charge in [0.25, 0.3) is 5.91 Å². The van der Waals surface area contributed by atoms with Gasteiger partial charge in [-0.25, -0.2) is 0 Å². The van der Waals surface area contributed by atoms with Crippen LogP contribution >= 0.6 is 0 Å². The van der Waals surface area contributed by atoms with Gasteiger partial charge in [0, 0.05) is 13.0 Å². The zero-order valence-electron chi connectivity index (χ0n) is 11.0. The van der Waals surface area contributed by atoms with Gasteiger partial charge in [0.15, 0.2) is 0 Å². The molecule has 0 saturated carbocycles. The quantitative estimate of drug-likeness (QED) is 0.644. The van der Waals surface area contributed by atoms with Crippen LogP contribution < -0.4 is 10.1 Å². The minimum absolute atomic E-state index is 0.142. The van der Waals surface area contributed by atoms with Crippen LogP contribution in [0.25, 0.3) is 0 Å². The van der Waals surface area contributed by atoms with E-state index in [1.54, 1.807) is 24.3 Å². The molecule has 18 heavy (non-hydrogen) atoms. The van der Waals surface area contributed by atoms with Gasteiger partial charge in [-0.3, -0.25) is 9.59 Å². The summed E-state index contributed by atoms with van der Waals surface area (Å²) in [5.74, 6) is -0.341. The second-order valence-corrected chi connectivity index (χ2v) is 4.08. The molecule has 1 N–H and O–H groups in total. The molecule has 1 aromatic rings. The van der Waals surface area contributed by atoms with Crippen molar-refractivity contribution in [1.82, 2.24) is 5.32 Å². The van der Waals surface area contributed by atoms with Crippen LogP contribution in [-0.2, 0) is 4.79 Å². The molecule has 0 aliphatic heterocycles. The van der Waals surface area contributed by atoms with E-state index < -0.39 is 5.97 Å². The first kappa shape index (κ1) is 14.2. The Labute approximate surface area is 107 Å². The van der Waals surface area contributed by atoms with E-state index in [-0.39, 0.29) is 11.9 Å². The molecule has 0 atom stereocenters. The number of carbonyl (C=O) groups is 2. The normalized spacial score (nSPS) is 10.2. The van der Waals surface area contributed by atoms with Crippen molar-refractivity contribution < 1.29 is 14.3 Å². The summed E-state index contributed by atoms with van der Waals surface area (Å²) >= 11 is 0. The van der Waals surface area contributed by atoms with Crippen LogP contribution in [0.4, 0.5) is 0 Å². The molecule has 0 radical (unpaired) electrons. The SMILES string of the molecule is CCC(CC)NC(=O)c1ccccc1OC(C)=O. The van der Waals surface area contributed by atoms with Crippen molar-refractivity contribution in [3.8, 4) is 5.75 Å². The van der Waals surface area contributed by atoms with Gasteiger partial charge < -0.3 is 10.1 Å². The highest BCUT2D eigenvalue weighted by Crippen LogP contribution is 2.18. The van der Waals surface area contributed by atoms with Gasteiger partial charge in [-0.05, 0) is 25.0 Å². The predicted octanol–water partition coefficient (Wildman–Crippen LogP) is 2.53. The summed E-state index contributed by atoms with van der Waals surface area (Å²) in [7, 11) is 0. The molecule has 0 saturated heterocycles. The van der Waals surface area contributed by atoms with E-state index in [0.29, 0.717) is 11.3 Å². The van der Waals surface area contributed by atoms with Crippen molar-refractivity contribution >= 4 is 11.9 Å². The molecule has 0 aliphatic carbocycles. The highest BCUT2D eigenvalue weighted by atomic mass is 16.5. The van der Waals surface area contributed by atoms with Crippen molar-refractivity contribution in [3.05, 3.63) is 29.8 Å². The van der Waals surface area contributed by atoms with E-state index in [4.69, 9.17) is 4.74 Å². The molecular formula is C14H19NO3. The van der Waals surface area contributed by atoms with Crippen LogP contribution in [0.15, 0.2) is 24.3 Å². The van der Waals surface area contributed by atoms with Crippen LogP contribution in [0.3, 0.4) is 0 Å². The smallest absolute Gasteiger partial charge is 0.308 e. The average Bonchev–Trinajstić information content (AvgIpc) is 2.35. The van der Waals surface area contributed by atoms with Gasteiger partial charge in [0.2, 0.25) is 0 Å². The first-order valence-corrected chi connectivity index (χ1v) is 6.16. The number of benzene rings is 1. The second-order valence-electron chi connectivity index (χ2n) is 4.08. The third kappa shape index (κ3) is 3.87. The fraction of sp³-hybridized carbons (Fsp3) is 0.429. The molecule has 0 heterocycles.